The molecule has 0 radical (unpaired) electrons. The molecule has 0 bridgehead atoms. The van der Waals surface area contributed by atoms with E-state index in [1.165, 1.54) is 37.4 Å². The molecule has 0 aliphatic carbocycles. The third-order valence-electron chi connectivity index (χ3n) is 5.57. The zero-order valence-corrected chi connectivity index (χ0v) is 14.7. The summed E-state index contributed by atoms with van der Waals surface area (Å²) in [5, 5.41) is 3.87. The molecule has 2 aliphatic heterocycles. The van der Waals surface area contributed by atoms with Gasteiger partial charge in [0.25, 0.3) is 0 Å². The fourth-order valence-corrected chi connectivity index (χ4v) is 4.16. The number of rotatable bonds is 4. The summed E-state index contributed by atoms with van der Waals surface area (Å²) in [5.74, 6) is 0.557. The Bertz CT molecular complexity index is 733. The third kappa shape index (κ3) is 3.55. The third-order valence-corrected chi connectivity index (χ3v) is 5.57. The first-order chi connectivity index (χ1) is 12.1. The van der Waals surface area contributed by atoms with E-state index in [-0.39, 0.29) is 12.4 Å². The lowest BCUT2D eigenvalue weighted by Crippen LogP contribution is -2.42. The van der Waals surface area contributed by atoms with Gasteiger partial charge in [0, 0.05) is 23.7 Å². The topological polar surface area (TPSA) is 24.5 Å². The van der Waals surface area contributed by atoms with Crippen molar-refractivity contribution < 1.29 is 9.13 Å². The van der Waals surface area contributed by atoms with E-state index in [0.29, 0.717) is 17.1 Å². The van der Waals surface area contributed by atoms with E-state index in [9.17, 15) is 4.39 Å². The molecule has 4 rings (SSSR count). The number of hydrogen-bond acceptors (Lipinski definition) is 3. The van der Waals surface area contributed by atoms with Crippen LogP contribution in [0.1, 0.15) is 36.4 Å². The fraction of sp³-hybridized carbons (Fsp3) is 0.429. The molecule has 3 nitrogen and oxygen atoms in total. The predicted molar refractivity (Wildman–Crippen MR) is 97.1 cm³/mol. The Hall–Kier alpha value is -1.91. The van der Waals surface area contributed by atoms with Crippen LogP contribution in [0, 0.1) is 5.82 Å². The van der Waals surface area contributed by atoms with Crippen molar-refractivity contribution in [3.8, 4) is 5.75 Å². The summed E-state index contributed by atoms with van der Waals surface area (Å²) in [5.41, 5.74) is 2.19. The summed E-state index contributed by atoms with van der Waals surface area (Å²) in [6, 6.07) is 15.4. The Morgan fingerprint density at radius 2 is 1.96 bits per heavy atom. The highest BCUT2D eigenvalue weighted by Crippen LogP contribution is 2.38. The van der Waals surface area contributed by atoms with Crippen molar-refractivity contribution in [1.29, 1.82) is 0 Å². The molecule has 2 aromatic carbocycles. The number of benzene rings is 2. The number of likely N-dealkylation sites (tertiary alicyclic amines) is 1. The first kappa shape index (κ1) is 16.6. The standard InChI is InChI=1S/C21H25FN2O/c1-24-13-12-21(15-24)11-10-20(23-21)16-6-8-18(9-7-16)25-14-17-4-2-3-5-19(17)22/h2-9,20,23H,10-15H2,1H3/t20-,21-/m1/s1. The Balaban J connectivity index is 1.37. The van der Waals surface area contributed by atoms with Gasteiger partial charge in [0.15, 0.2) is 0 Å². The minimum absolute atomic E-state index is 0.221. The van der Waals surface area contributed by atoms with E-state index in [1.807, 2.05) is 18.2 Å². The molecule has 1 N–H and O–H groups in total. The molecular weight excluding hydrogens is 315 g/mol. The number of halogens is 1. The molecular formula is C21H25FN2O. The summed E-state index contributed by atoms with van der Waals surface area (Å²) in [7, 11) is 2.20. The second-order valence-electron chi connectivity index (χ2n) is 7.45. The van der Waals surface area contributed by atoms with E-state index in [2.05, 4.69) is 29.4 Å². The van der Waals surface area contributed by atoms with Crippen molar-refractivity contribution >= 4 is 0 Å². The molecule has 2 saturated heterocycles. The van der Waals surface area contributed by atoms with Crippen LogP contribution in [0.5, 0.6) is 5.75 Å². The Morgan fingerprint density at radius 3 is 2.68 bits per heavy atom. The maximum atomic E-state index is 13.6. The lowest BCUT2D eigenvalue weighted by atomic mass is 9.97. The molecule has 2 fully saturated rings. The van der Waals surface area contributed by atoms with Crippen LogP contribution in [0.15, 0.2) is 48.5 Å². The second-order valence-corrected chi connectivity index (χ2v) is 7.45. The number of nitrogens with one attached hydrogen (secondary N) is 1. The average Bonchev–Trinajstić information content (AvgIpc) is 3.21. The highest BCUT2D eigenvalue weighted by molar-refractivity contribution is 5.31. The van der Waals surface area contributed by atoms with Crippen molar-refractivity contribution in [2.24, 2.45) is 0 Å². The van der Waals surface area contributed by atoms with Crippen LogP contribution < -0.4 is 10.1 Å². The van der Waals surface area contributed by atoms with Gasteiger partial charge in [-0.25, -0.2) is 4.39 Å². The molecule has 2 heterocycles. The molecule has 0 saturated carbocycles. The minimum atomic E-state index is -0.221. The highest BCUT2D eigenvalue weighted by atomic mass is 19.1. The molecule has 132 valence electrons. The average molecular weight is 340 g/mol. The molecule has 0 unspecified atom stereocenters. The van der Waals surface area contributed by atoms with Gasteiger partial charge < -0.3 is 15.0 Å². The van der Waals surface area contributed by atoms with E-state index >= 15 is 0 Å². The van der Waals surface area contributed by atoms with Gasteiger partial charge in [-0.3, -0.25) is 0 Å². The van der Waals surface area contributed by atoms with E-state index < -0.39 is 0 Å². The predicted octanol–water partition coefficient (Wildman–Crippen LogP) is 3.90. The van der Waals surface area contributed by atoms with Crippen molar-refractivity contribution in [2.75, 3.05) is 20.1 Å². The van der Waals surface area contributed by atoms with Crippen LogP contribution in [-0.4, -0.2) is 30.6 Å². The molecule has 2 aromatic rings. The molecule has 0 amide bonds. The van der Waals surface area contributed by atoms with Gasteiger partial charge in [-0.1, -0.05) is 30.3 Å². The molecule has 25 heavy (non-hydrogen) atoms. The summed E-state index contributed by atoms with van der Waals surface area (Å²) in [4.78, 5) is 2.41. The summed E-state index contributed by atoms with van der Waals surface area (Å²) in [6.45, 7) is 2.58. The zero-order valence-electron chi connectivity index (χ0n) is 14.7. The van der Waals surface area contributed by atoms with Crippen molar-refractivity contribution in [3.05, 3.63) is 65.5 Å². The number of ether oxygens (including phenoxy) is 1. The van der Waals surface area contributed by atoms with Crippen LogP contribution in [0.4, 0.5) is 4.39 Å². The number of hydrogen-bond donors (Lipinski definition) is 1. The minimum Gasteiger partial charge on any atom is -0.489 e. The zero-order chi connectivity index (χ0) is 17.3. The van der Waals surface area contributed by atoms with Gasteiger partial charge in [0.2, 0.25) is 0 Å². The van der Waals surface area contributed by atoms with E-state index in [4.69, 9.17) is 4.74 Å². The fourth-order valence-electron chi connectivity index (χ4n) is 4.16. The van der Waals surface area contributed by atoms with Crippen LogP contribution in [0.2, 0.25) is 0 Å². The van der Waals surface area contributed by atoms with Crippen LogP contribution in [0.25, 0.3) is 0 Å². The quantitative estimate of drug-likeness (QED) is 0.913. The summed E-state index contributed by atoms with van der Waals surface area (Å²) >= 11 is 0. The lowest BCUT2D eigenvalue weighted by Gasteiger charge is -2.25. The maximum Gasteiger partial charge on any atom is 0.129 e. The first-order valence-electron chi connectivity index (χ1n) is 9.06. The maximum absolute atomic E-state index is 13.6. The molecule has 4 heteroatoms. The van der Waals surface area contributed by atoms with E-state index in [1.54, 1.807) is 12.1 Å². The first-order valence-corrected chi connectivity index (χ1v) is 9.06. The Kier molecular flexibility index (Phi) is 4.48. The molecule has 0 aromatic heterocycles. The Morgan fingerprint density at radius 1 is 1.16 bits per heavy atom. The molecule has 2 atom stereocenters. The highest BCUT2D eigenvalue weighted by Gasteiger charge is 2.42. The lowest BCUT2D eigenvalue weighted by molar-refractivity contribution is 0.299. The van der Waals surface area contributed by atoms with Crippen molar-refractivity contribution in [1.82, 2.24) is 10.2 Å². The van der Waals surface area contributed by atoms with E-state index in [0.717, 1.165) is 12.3 Å². The summed E-state index contributed by atoms with van der Waals surface area (Å²) < 4.78 is 19.4. The van der Waals surface area contributed by atoms with Crippen molar-refractivity contribution in [3.63, 3.8) is 0 Å². The van der Waals surface area contributed by atoms with Gasteiger partial charge in [-0.2, -0.15) is 0 Å². The van der Waals surface area contributed by atoms with Gasteiger partial charge in [-0.05, 0) is 56.6 Å². The van der Waals surface area contributed by atoms with Crippen LogP contribution >= 0.6 is 0 Å². The van der Waals surface area contributed by atoms with Crippen molar-refractivity contribution in [2.45, 2.75) is 37.5 Å². The largest absolute Gasteiger partial charge is 0.489 e. The number of nitrogens with zero attached hydrogens (tertiary/aromatic N) is 1. The smallest absolute Gasteiger partial charge is 0.129 e. The second kappa shape index (κ2) is 6.77. The van der Waals surface area contributed by atoms with Crippen LogP contribution in [0.3, 0.4) is 0 Å². The molecule has 2 aliphatic rings. The van der Waals surface area contributed by atoms with Gasteiger partial charge in [-0.15, -0.1) is 0 Å². The normalized spacial score (nSPS) is 26.4. The SMILES string of the molecule is CN1CC[C@]2(CC[C@H](c3ccc(OCc4ccccc4F)cc3)N2)C1. The van der Waals surface area contributed by atoms with Gasteiger partial charge in [0.1, 0.15) is 18.2 Å². The van der Waals surface area contributed by atoms with Crippen LogP contribution in [-0.2, 0) is 6.61 Å². The van der Waals surface area contributed by atoms with Gasteiger partial charge >= 0.3 is 0 Å². The Labute approximate surface area is 148 Å². The van der Waals surface area contributed by atoms with Gasteiger partial charge in [0.05, 0.1) is 0 Å². The number of likely N-dealkylation sites (N-methyl/N-ethyl adjacent to an activating group) is 1. The summed E-state index contributed by atoms with van der Waals surface area (Å²) in [6.07, 6.45) is 3.67. The molecule has 1 spiro atoms. The monoisotopic (exact) mass is 340 g/mol.